The van der Waals surface area contributed by atoms with Crippen LogP contribution in [0, 0.1) is 0 Å². The van der Waals surface area contributed by atoms with Gasteiger partial charge in [0.1, 0.15) is 16.4 Å². The number of thiazole rings is 1. The number of benzene rings is 2. The van der Waals surface area contributed by atoms with Crippen molar-refractivity contribution in [1.29, 1.82) is 0 Å². The third-order valence-electron chi connectivity index (χ3n) is 3.48. The van der Waals surface area contributed by atoms with E-state index in [4.69, 9.17) is 10.5 Å². The third kappa shape index (κ3) is 2.59. The second-order valence-electron chi connectivity index (χ2n) is 5.35. The van der Waals surface area contributed by atoms with Crippen molar-refractivity contribution in [2.45, 2.75) is 19.8 Å². The molecule has 0 atom stereocenters. The van der Waals surface area contributed by atoms with Crippen molar-refractivity contribution in [3.05, 3.63) is 41.4 Å². The number of anilines is 1. The van der Waals surface area contributed by atoms with Crippen molar-refractivity contribution in [3.8, 4) is 17.0 Å². The molecule has 0 fully saturated rings. The SMILES string of the molecule is COc1ccc2cc(-c3nc(C(C)C)sc3N)ccc2c1. The van der Waals surface area contributed by atoms with E-state index < -0.39 is 0 Å². The van der Waals surface area contributed by atoms with E-state index in [9.17, 15) is 0 Å². The largest absolute Gasteiger partial charge is 0.497 e. The quantitative estimate of drug-likeness (QED) is 0.764. The molecule has 0 spiro atoms. The van der Waals surface area contributed by atoms with Crippen LogP contribution < -0.4 is 10.5 Å². The zero-order valence-corrected chi connectivity index (χ0v) is 13.2. The number of fused-ring (bicyclic) bond motifs is 1. The second kappa shape index (κ2) is 5.37. The van der Waals surface area contributed by atoms with Crippen LogP contribution in [0.15, 0.2) is 36.4 Å². The predicted octanol–water partition coefficient (Wildman–Crippen LogP) is 4.68. The number of nitrogen functional groups attached to an aromatic ring is 1. The number of aromatic nitrogens is 1. The summed E-state index contributed by atoms with van der Waals surface area (Å²) in [6, 6.07) is 12.3. The molecular formula is C17H18N2OS. The van der Waals surface area contributed by atoms with E-state index in [0.717, 1.165) is 37.8 Å². The molecule has 3 nitrogen and oxygen atoms in total. The van der Waals surface area contributed by atoms with Crippen LogP contribution in [0.1, 0.15) is 24.8 Å². The highest BCUT2D eigenvalue weighted by Crippen LogP contribution is 2.35. The number of ether oxygens (including phenoxy) is 1. The van der Waals surface area contributed by atoms with Crippen LogP contribution in [-0.4, -0.2) is 12.1 Å². The number of hydrogen-bond acceptors (Lipinski definition) is 4. The monoisotopic (exact) mass is 298 g/mol. The summed E-state index contributed by atoms with van der Waals surface area (Å²) in [5, 5.41) is 4.17. The van der Waals surface area contributed by atoms with E-state index in [1.807, 2.05) is 12.1 Å². The minimum atomic E-state index is 0.399. The average molecular weight is 298 g/mol. The Balaban J connectivity index is 2.08. The zero-order valence-electron chi connectivity index (χ0n) is 12.4. The maximum atomic E-state index is 6.14. The van der Waals surface area contributed by atoms with Gasteiger partial charge in [0.25, 0.3) is 0 Å². The topological polar surface area (TPSA) is 48.1 Å². The summed E-state index contributed by atoms with van der Waals surface area (Å²) < 4.78 is 5.26. The summed E-state index contributed by atoms with van der Waals surface area (Å²) in [5.74, 6) is 1.27. The highest BCUT2D eigenvalue weighted by molar-refractivity contribution is 7.16. The summed E-state index contributed by atoms with van der Waals surface area (Å²) in [5.41, 5.74) is 8.09. The lowest BCUT2D eigenvalue weighted by Crippen LogP contribution is -1.88. The zero-order chi connectivity index (χ0) is 15.0. The lowest BCUT2D eigenvalue weighted by Gasteiger charge is -2.05. The van der Waals surface area contributed by atoms with Crippen LogP contribution in [0.4, 0.5) is 5.00 Å². The minimum Gasteiger partial charge on any atom is -0.497 e. The van der Waals surface area contributed by atoms with E-state index in [-0.39, 0.29) is 0 Å². The van der Waals surface area contributed by atoms with Gasteiger partial charge >= 0.3 is 0 Å². The molecule has 0 aliphatic carbocycles. The lowest BCUT2D eigenvalue weighted by molar-refractivity contribution is 0.415. The fourth-order valence-corrected chi connectivity index (χ4v) is 3.16. The van der Waals surface area contributed by atoms with Gasteiger partial charge in [-0.05, 0) is 29.0 Å². The van der Waals surface area contributed by atoms with Gasteiger partial charge in [0.2, 0.25) is 0 Å². The van der Waals surface area contributed by atoms with Gasteiger partial charge in [-0.1, -0.05) is 32.0 Å². The molecule has 108 valence electrons. The third-order valence-corrected chi connectivity index (χ3v) is 4.67. The summed E-state index contributed by atoms with van der Waals surface area (Å²) >= 11 is 1.58. The first kappa shape index (κ1) is 13.9. The van der Waals surface area contributed by atoms with Crippen molar-refractivity contribution in [2.24, 2.45) is 0 Å². The summed E-state index contributed by atoms with van der Waals surface area (Å²) in [6.07, 6.45) is 0. The standard InChI is InChI=1S/C17H18N2OS/c1-10(2)17-19-15(16(18)21-17)13-5-4-12-9-14(20-3)7-6-11(12)8-13/h4-10H,18H2,1-3H3. The van der Waals surface area contributed by atoms with Crippen LogP contribution >= 0.6 is 11.3 Å². The first-order chi connectivity index (χ1) is 10.1. The van der Waals surface area contributed by atoms with E-state index in [1.54, 1.807) is 18.4 Å². The maximum absolute atomic E-state index is 6.14. The molecule has 0 aliphatic rings. The molecule has 0 bridgehead atoms. The van der Waals surface area contributed by atoms with Gasteiger partial charge in [-0.2, -0.15) is 0 Å². The van der Waals surface area contributed by atoms with Gasteiger partial charge in [-0.25, -0.2) is 4.98 Å². The van der Waals surface area contributed by atoms with Gasteiger partial charge in [0.05, 0.1) is 12.1 Å². The molecule has 3 rings (SSSR count). The number of nitrogens with zero attached hydrogens (tertiary/aromatic N) is 1. The number of methoxy groups -OCH3 is 1. The molecule has 0 saturated heterocycles. The molecule has 1 heterocycles. The molecule has 4 heteroatoms. The predicted molar refractivity (Wildman–Crippen MR) is 90.1 cm³/mol. The fraction of sp³-hybridized carbons (Fsp3) is 0.235. The normalized spacial score (nSPS) is 11.2. The van der Waals surface area contributed by atoms with E-state index in [1.165, 1.54) is 0 Å². The molecule has 0 amide bonds. The van der Waals surface area contributed by atoms with Crippen LogP contribution in [0.25, 0.3) is 22.0 Å². The number of hydrogen-bond donors (Lipinski definition) is 1. The van der Waals surface area contributed by atoms with Crippen molar-refractivity contribution in [3.63, 3.8) is 0 Å². The molecule has 2 N–H and O–H groups in total. The maximum Gasteiger partial charge on any atom is 0.119 e. The Morgan fingerprint density at radius 3 is 2.48 bits per heavy atom. The number of nitrogens with two attached hydrogens (primary N) is 1. The van der Waals surface area contributed by atoms with E-state index in [0.29, 0.717) is 5.92 Å². The van der Waals surface area contributed by atoms with Crippen LogP contribution in [0.2, 0.25) is 0 Å². The summed E-state index contributed by atoms with van der Waals surface area (Å²) in [4.78, 5) is 4.69. The van der Waals surface area contributed by atoms with Crippen LogP contribution in [0.5, 0.6) is 5.75 Å². The Kier molecular flexibility index (Phi) is 3.55. The molecule has 0 aliphatic heterocycles. The van der Waals surface area contributed by atoms with Gasteiger partial charge in [-0.15, -0.1) is 11.3 Å². The second-order valence-corrected chi connectivity index (χ2v) is 6.41. The van der Waals surface area contributed by atoms with Crippen LogP contribution in [-0.2, 0) is 0 Å². The average Bonchev–Trinajstić information content (AvgIpc) is 2.88. The molecule has 0 radical (unpaired) electrons. The van der Waals surface area contributed by atoms with Gasteiger partial charge < -0.3 is 10.5 Å². The van der Waals surface area contributed by atoms with Gasteiger partial charge in [0.15, 0.2) is 0 Å². The Hall–Kier alpha value is -2.07. The lowest BCUT2D eigenvalue weighted by atomic mass is 10.0. The Labute approximate surface area is 128 Å². The molecular weight excluding hydrogens is 280 g/mol. The smallest absolute Gasteiger partial charge is 0.119 e. The molecule has 0 unspecified atom stereocenters. The molecule has 0 saturated carbocycles. The Bertz CT molecular complexity index is 793. The molecule has 1 aromatic heterocycles. The van der Waals surface area contributed by atoms with Crippen LogP contribution in [0.3, 0.4) is 0 Å². The van der Waals surface area contributed by atoms with E-state index in [2.05, 4.69) is 43.1 Å². The van der Waals surface area contributed by atoms with E-state index >= 15 is 0 Å². The molecule has 3 aromatic rings. The minimum absolute atomic E-state index is 0.399. The van der Waals surface area contributed by atoms with Crippen molar-refractivity contribution < 1.29 is 4.74 Å². The Morgan fingerprint density at radius 1 is 1.10 bits per heavy atom. The van der Waals surface area contributed by atoms with Crippen molar-refractivity contribution >= 4 is 27.1 Å². The fourth-order valence-electron chi connectivity index (χ4n) is 2.30. The highest BCUT2D eigenvalue weighted by atomic mass is 32.1. The van der Waals surface area contributed by atoms with Crippen molar-refractivity contribution in [1.82, 2.24) is 4.98 Å². The van der Waals surface area contributed by atoms with Gasteiger partial charge in [-0.3, -0.25) is 0 Å². The van der Waals surface area contributed by atoms with Gasteiger partial charge in [0, 0.05) is 11.5 Å². The van der Waals surface area contributed by atoms with Crippen molar-refractivity contribution in [2.75, 3.05) is 12.8 Å². The first-order valence-electron chi connectivity index (χ1n) is 6.93. The summed E-state index contributed by atoms with van der Waals surface area (Å²) in [6.45, 7) is 4.27. The summed E-state index contributed by atoms with van der Waals surface area (Å²) in [7, 11) is 1.68. The molecule has 21 heavy (non-hydrogen) atoms. The molecule has 2 aromatic carbocycles. The highest BCUT2D eigenvalue weighted by Gasteiger charge is 2.13. The Morgan fingerprint density at radius 2 is 1.81 bits per heavy atom. The first-order valence-corrected chi connectivity index (χ1v) is 7.74. The number of rotatable bonds is 3.